The van der Waals surface area contributed by atoms with Crippen molar-refractivity contribution in [1.82, 2.24) is 5.32 Å². The molecule has 0 spiro atoms. The summed E-state index contributed by atoms with van der Waals surface area (Å²) in [4.78, 5) is 31.2. The van der Waals surface area contributed by atoms with E-state index < -0.39 is 30.3 Å². The highest BCUT2D eigenvalue weighted by atomic mass is 19.4. The summed E-state index contributed by atoms with van der Waals surface area (Å²) < 4.78 is 49.0. The van der Waals surface area contributed by atoms with Crippen molar-refractivity contribution < 1.29 is 41.8 Å². The van der Waals surface area contributed by atoms with Gasteiger partial charge in [-0.15, -0.1) is 0 Å². The van der Waals surface area contributed by atoms with E-state index in [-0.39, 0.29) is 31.8 Å². The van der Waals surface area contributed by atoms with Crippen LogP contribution in [0.5, 0.6) is 0 Å². The highest BCUT2D eigenvalue weighted by molar-refractivity contribution is 5.98. The maximum Gasteiger partial charge on any atom is 0.490 e. The standard InChI is InChI=1S/C9H14FNO3.C2HF3O2/c1-2-14-9(13)4-8(12)7-3-6(10)5-11-7;3-2(4,5)1(6)7/h6-7,11H,2-5H2,1H3;(H,6,7)/t6-,7+;/m1./s1. The summed E-state index contributed by atoms with van der Waals surface area (Å²) >= 11 is 0. The maximum atomic E-state index is 12.7. The summed E-state index contributed by atoms with van der Waals surface area (Å²) in [6.07, 6.45) is -6.16. The predicted molar refractivity (Wildman–Crippen MR) is 61.3 cm³/mol. The number of hydrogen-bond acceptors (Lipinski definition) is 5. The molecule has 1 fully saturated rings. The van der Waals surface area contributed by atoms with Crippen LogP contribution in [0.3, 0.4) is 0 Å². The number of carbonyl (C=O) groups is 3. The second-order valence-electron chi connectivity index (χ2n) is 4.04. The van der Waals surface area contributed by atoms with Crippen LogP contribution in [0.2, 0.25) is 0 Å². The molecular weight excluding hydrogens is 302 g/mol. The Bertz CT molecular complexity index is 385. The zero-order valence-corrected chi connectivity index (χ0v) is 11.1. The molecule has 21 heavy (non-hydrogen) atoms. The predicted octanol–water partition coefficient (Wildman–Crippen LogP) is 0.842. The molecule has 1 aliphatic rings. The number of rotatable bonds is 4. The number of Topliss-reactive ketones (excluding diaryl/α,β-unsaturated/α-hetero) is 1. The minimum Gasteiger partial charge on any atom is -0.475 e. The van der Waals surface area contributed by atoms with Gasteiger partial charge < -0.3 is 15.2 Å². The Hall–Kier alpha value is -1.71. The fourth-order valence-corrected chi connectivity index (χ4v) is 1.42. The van der Waals surface area contributed by atoms with Crippen molar-refractivity contribution in [1.29, 1.82) is 0 Å². The first kappa shape index (κ1) is 19.3. The fourth-order valence-electron chi connectivity index (χ4n) is 1.42. The van der Waals surface area contributed by atoms with Gasteiger partial charge in [-0.3, -0.25) is 9.59 Å². The average molecular weight is 317 g/mol. The molecule has 2 N–H and O–H groups in total. The number of nitrogens with one attached hydrogen (secondary N) is 1. The zero-order valence-electron chi connectivity index (χ0n) is 11.1. The van der Waals surface area contributed by atoms with Crippen LogP contribution in [0.4, 0.5) is 17.6 Å². The molecule has 0 saturated carbocycles. The van der Waals surface area contributed by atoms with Gasteiger partial charge in [-0.05, 0) is 6.92 Å². The number of aliphatic carboxylic acids is 1. The number of carboxylic acids is 1. The van der Waals surface area contributed by atoms with Crippen molar-refractivity contribution in [2.24, 2.45) is 0 Å². The molecule has 0 aromatic carbocycles. The smallest absolute Gasteiger partial charge is 0.475 e. The summed E-state index contributed by atoms with van der Waals surface area (Å²) in [5.74, 6) is -3.59. The van der Waals surface area contributed by atoms with Gasteiger partial charge in [0, 0.05) is 13.0 Å². The van der Waals surface area contributed by atoms with E-state index in [0.29, 0.717) is 0 Å². The van der Waals surface area contributed by atoms with Crippen molar-refractivity contribution in [3.8, 4) is 0 Å². The summed E-state index contributed by atoms with van der Waals surface area (Å²) in [5, 5.41) is 9.85. The third-order valence-corrected chi connectivity index (χ3v) is 2.33. The van der Waals surface area contributed by atoms with E-state index in [9.17, 15) is 27.2 Å². The van der Waals surface area contributed by atoms with Crippen LogP contribution in [0.15, 0.2) is 0 Å². The molecule has 0 amide bonds. The van der Waals surface area contributed by atoms with Crippen LogP contribution >= 0.6 is 0 Å². The molecule has 0 aromatic rings. The van der Waals surface area contributed by atoms with Gasteiger partial charge in [-0.25, -0.2) is 9.18 Å². The average Bonchev–Trinajstić information content (AvgIpc) is 2.75. The van der Waals surface area contributed by atoms with Crippen LogP contribution in [-0.2, 0) is 19.1 Å². The zero-order chi connectivity index (χ0) is 16.6. The van der Waals surface area contributed by atoms with E-state index in [1.165, 1.54) is 0 Å². The second-order valence-corrected chi connectivity index (χ2v) is 4.04. The van der Waals surface area contributed by atoms with Gasteiger partial charge >= 0.3 is 18.1 Å². The molecule has 1 saturated heterocycles. The van der Waals surface area contributed by atoms with Crippen LogP contribution in [-0.4, -0.2) is 54.4 Å². The Labute approximate surface area is 117 Å². The maximum absolute atomic E-state index is 12.7. The number of alkyl halides is 4. The van der Waals surface area contributed by atoms with Crippen LogP contribution in [0, 0.1) is 0 Å². The number of halogens is 4. The molecule has 10 heteroatoms. The molecular formula is C11H15F4NO5. The Morgan fingerprint density at radius 3 is 2.19 bits per heavy atom. The molecule has 0 unspecified atom stereocenters. The van der Waals surface area contributed by atoms with Crippen molar-refractivity contribution in [2.45, 2.75) is 38.2 Å². The van der Waals surface area contributed by atoms with Gasteiger partial charge in [0.1, 0.15) is 12.6 Å². The lowest BCUT2D eigenvalue weighted by atomic mass is 10.1. The summed E-state index contributed by atoms with van der Waals surface area (Å²) in [5.41, 5.74) is 0. The van der Waals surface area contributed by atoms with Gasteiger partial charge in [0.2, 0.25) is 0 Å². The third kappa shape index (κ3) is 8.23. The van der Waals surface area contributed by atoms with E-state index >= 15 is 0 Å². The highest BCUT2D eigenvalue weighted by Gasteiger charge is 2.38. The fraction of sp³-hybridized carbons (Fsp3) is 0.727. The molecule has 0 aliphatic carbocycles. The van der Waals surface area contributed by atoms with Crippen LogP contribution < -0.4 is 5.32 Å². The number of ketones is 1. The number of ether oxygens (including phenoxy) is 1. The van der Waals surface area contributed by atoms with Gasteiger partial charge in [0.25, 0.3) is 0 Å². The molecule has 0 bridgehead atoms. The molecule has 1 rings (SSSR count). The van der Waals surface area contributed by atoms with E-state index in [1.807, 2.05) is 0 Å². The number of carbonyl (C=O) groups excluding carboxylic acids is 2. The minimum atomic E-state index is -5.08. The molecule has 1 aliphatic heterocycles. The quantitative estimate of drug-likeness (QED) is 0.453. The highest BCUT2D eigenvalue weighted by Crippen LogP contribution is 2.13. The molecule has 6 nitrogen and oxygen atoms in total. The number of carboxylic acid groups (broad SMARTS) is 1. The Balaban J connectivity index is 0.000000486. The van der Waals surface area contributed by atoms with E-state index in [4.69, 9.17) is 9.90 Å². The molecule has 122 valence electrons. The first-order valence-electron chi connectivity index (χ1n) is 5.93. The SMILES string of the molecule is CCOC(=O)CC(=O)[C@@H]1C[C@@H](F)CN1.O=C(O)C(F)(F)F. The van der Waals surface area contributed by atoms with E-state index in [1.54, 1.807) is 6.92 Å². The Morgan fingerprint density at radius 1 is 1.33 bits per heavy atom. The van der Waals surface area contributed by atoms with Gasteiger partial charge in [-0.2, -0.15) is 13.2 Å². The van der Waals surface area contributed by atoms with Crippen molar-refractivity contribution in [3.05, 3.63) is 0 Å². The van der Waals surface area contributed by atoms with E-state index in [2.05, 4.69) is 10.1 Å². The van der Waals surface area contributed by atoms with E-state index in [0.717, 1.165) is 0 Å². The normalized spacial score (nSPS) is 21.2. The summed E-state index contributed by atoms with van der Waals surface area (Å²) in [6.45, 7) is 2.13. The first-order valence-corrected chi connectivity index (χ1v) is 5.93. The van der Waals surface area contributed by atoms with Crippen molar-refractivity contribution >= 4 is 17.7 Å². The van der Waals surface area contributed by atoms with Crippen LogP contribution in [0.25, 0.3) is 0 Å². The van der Waals surface area contributed by atoms with Crippen molar-refractivity contribution in [2.75, 3.05) is 13.2 Å². The first-order chi connectivity index (χ1) is 9.57. The second kappa shape index (κ2) is 8.55. The summed E-state index contributed by atoms with van der Waals surface area (Å²) in [7, 11) is 0. The lowest BCUT2D eigenvalue weighted by molar-refractivity contribution is -0.192. The molecule has 0 radical (unpaired) electrons. The summed E-state index contributed by atoms with van der Waals surface area (Å²) in [6, 6.07) is -0.519. The van der Waals surface area contributed by atoms with Crippen LogP contribution in [0.1, 0.15) is 19.8 Å². The Morgan fingerprint density at radius 2 is 1.86 bits per heavy atom. The largest absolute Gasteiger partial charge is 0.490 e. The lowest BCUT2D eigenvalue weighted by Crippen LogP contribution is -2.32. The van der Waals surface area contributed by atoms with Gasteiger partial charge in [0.15, 0.2) is 5.78 Å². The monoisotopic (exact) mass is 317 g/mol. The number of esters is 1. The van der Waals surface area contributed by atoms with Gasteiger partial charge in [-0.1, -0.05) is 0 Å². The Kier molecular flexibility index (Phi) is 7.85. The third-order valence-electron chi connectivity index (χ3n) is 2.33. The lowest BCUT2D eigenvalue weighted by Gasteiger charge is -2.07. The topological polar surface area (TPSA) is 92.7 Å². The molecule has 2 atom stereocenters. The number of hydrogen-bond donors (Lipinski definition) is 2. The van der Waals surface area contributed by atoms with Gasteiger partial charge in [0.05, 0.1) is 12.6 Å². The molecule has 1 heterocycles. The molecule has 0 aromatic heterocycles. The van der Waals surface area contributed by atoms with Crippen molar-refractivity contribution in [3.63, 3.8) is 0 Å². The minimum absolute atomic E-state index is 0.165.